The Morgan fingerprint density at radius 3 is 2.39 bits per heavy atom. The van der Waals surface area contributed by atoms with Gasteiger partial charge in [0.1, 0.15) is 0 Å². The number of rotatable bonds is 15. The number of unbranched alkanes of at least 4 members (excludes halogenated alkanes) is 3. The molecule has 0 aromatic heterocycles. The zero-order chi connectivity index (χ0) is 26.8. The SMILES string of the molecule is CCCCCC1(CC[C@H]2C(O[Si](C)(C)C(C)(C)C)CC(O)[C@@H]2C/C=C\CCCC(=O)OC)OCCO1. The third-order valence-corrected chi connectivity index (χ3v) is 13.1. The minimum atomic E-state index is -1.97. The maximum atomic E-state index is 11.3. The quantitative estimate of drug-likeness (QED) is 0.110. The lowest BCUT2D eigenvalue weighted by molar-refractivity contribution is -0.171. The Labute approximate surface area is 221 Å². The average molecular weight is 527 g/mol. The van der Waals surface area contributed by atoms with E-state index in [0.29, 0.717) is 26.1 Å². The van der Waals surface area contributed by atoms with Crippen molar-refractivity contribution < 1.29 is 28.5 Å². The van der Waals surface area contributed by atoms with Crippen LogP contribution in [0.5, 0.6) is 0 Å². The fourth-order valence-corrected chi connectivity index (χ4v) is 6.73. The molecule has 2 aliphatic rings. The van der Waals surface area contributed by atoms with Gasteiger partial charge in [0.2, 0.25) is 0 Å². The first-order chi connectivity index (χ1) is 16.9. The van der Waals surface area contributed by atoms with E-state index in [2.05, 4.69) is 52.9 Å². The van der Waals surface area contributed by atoms with Crippen LogP contribution in [0.2, 0.25) is 18.1 Å². The molecule has 1 aliphatic carbocycles. The summed E-state index contributed by atoms with van der Waals surface area (Å²) in [7, 11) is -0.547. The molecule has 0 aromatic rings. The predicted octanol–water partition coefficient (Wildman–Crippen LogP) is 6.77. The molecular weight excluding hydrogens is 472 g/mol. The molecular formula is C29H54O6Si. The summed E-state index contributed by atoms with van der Waals surface area (Å²) in [6.07, 6.45) is 13.8. The predicted molar refractivity (Wildman–Crippen MR) is 147 cm³/mol. The molecule has 2 rings (SSSR count). The molecule has 1 N–H and O–H groups in total. The summed E-state index contributed by atoms with van der Waals surface area (Å²) in [4.78, 5) is 11.3. The number of carbonyl (C=O) groups is 1. The molecule has 1 saturated carbocycles. The number of aliphatic hydroxyl groups is 1. The summed E-state index contributed by atoms with van der Waals surface area (Å²) in [5.74, 6) is -0.210. The van der Waals surface area contributed by atoms with Crippen molar-refractivity contribution in [2.24, 2.45) is 11.8 Å². The number of methoxy groups -OCH3 is 1. The van der Waals surface area contributed by atoms with Crippen LogP contribution in [0, 0.1) is 11.8 Å². The van der Waals surface area contributed by atoms with E-state index in [-0.39, 0.29) is 35.1 Å². The number of ether oxygens (including phenoxy) is 3. The number of hydrogen-bond acceptors (Lipinski definition) is 6. The van der Waals surface area contributed by atoms with E-state index in [9.17, 15) is 9.90 Å². The zero-order valence-corrected chi connectivity index (χ0v) is 25.1. The fourth-order valence-electron chi connectivity index (χ4n) is 5.35. The monoisotopic (exact) mass is 526 g/mol. The van der Waals surface area contributed by atoms with Crippen LogP contribution < -0.4 is 0 Å². The topological polar surface area (TPSA) is 74.2 Å². The van der Waals surface area contributed by atoms with Gasteiger partial charge in [-0.2, -0.15) is 0 Å². The summed E-state index contributed by atoms with van der Waals surface area (Å²) in [6.45, 7) is 15.0. The summed E-state index contributed by atoms with van der Waals surface area (Å²) in [6, 6.07) is 0. The maximum Gasteiger partial charge on any atom is 0.305 e. The molecule has 0 spiro atoms. The van der Waals surface area contributed by atoms with Crippen molar-refractivity contribution in [3.63, 3.8) is 0 Å². The normalized spacial score (nSPS) is 26.7. The zero-order valence-electron chi connectivity index (χ0n) is 24.1. The minimum absolute atomic E-state index is 0.0627. The van der Waals surface area contributed by atoms with Crippen molar-refractivity contribution in [2.45, 2.75) is 134 Å². The third-order valence-electron chi connectivity index (χ3n) is 8.64. The highest BCUT2D eigenvalue weighted by Gasteiger charge is 2.48. The van der Waals surface area contributed by atoms with Gasteiger partial charge in [0, 0.05) is 19.3 Å². The first kappa shape index (κ1) is 31.5. The van der Waals surface area contributed by atoms with Crippen molar-refractivity contribution in [3.8, 4) is 0 Å². The molecule has 0 bridgehead atoms. The lowest BCUT2D eigenvalue weighted by atomic mass is 9.85. The highest BCUT2D eigenvalue weighted by Crippen LogP contribution is 2.46. The second-order valence-corrected chi connectivity index (χ2v) is 17.1. The standard InChI is InChI=1S/C29H54O6Si/c1-8-9-14-18-29(33-20-21-34-29)19-17-24-23(15-12-10-11-13-16-27(31)32-5)25(30)22-26(24)35-36(6,7)28(2,3)4/h10,12,23-26,30H,8-9,11,13-22H2,1-7H3/b12-10-/t23-,24-,25?,26?/m1/s1. The average Bonchev–Trinajstić information content (AvgIpc) is 3.38. The maximum absolute atomic E-state index is 11.3. The van der Waals surface area contributed by atoms with Crippen molar-refractivity contribution in [2.75, 3.05) is 20.3 Å². The molecule has 1 heterocycles. The van der Waals surface area contributed by atoms with Gasteiger partial charge in [-0.25, -0.2) is 0 Å². The molecule has 6 nitrogen and oxygen atoms in total. The van der Waals surface area contributed by atoms with Crippen LogP contribution in [0.15, 0.2) is 12.2 Å². The summed E-state index contributed by atoms with van der Waals surface area (Å²) in [5.41, 5.74) is 0. The summed E-state index contributed by atoms with van der Waals surface area (Å²) < 4.78 is 24.0. The number of esters is 1. The van der Waals surface area contributed by atoms with E-state index in [1.165, 1.54) is 20.0 Å². The largest absolute Gasteiger partial charge is 0.469 e. The van der Waals surface area contributed by atoms with Gasteiger partial charge in [-0.1, -0.05) is 52.7 Å². The lowest BCUT2D eigenvalue weighted by Gasteiger charge is -2.40. The van der Waals surface area contributed by atoms with Gasteiger partial charge >= 0.3 is 5.97 Å². The van der Waals surface area contributed by atoms with Crippen molar-refractivity contribution >= 4 is 14.3 Å². The van der Waals surface area contributed by atoms with Gasteiger partial charge in [0.05, 0.1) is 32.5 Å². The third kappa shape index (κ3) is 9.23. The van der Waals surface area contributed by atoms with Crippen LogP contribution >= 0.6 is 0 Å². The molecule has 36 heavy (non-hydrogen) atoms. The molecule has 2 fully saturated rings. The number of carbonyl (C=O) groups excluding carboxylic acids is 1. The molecule has 1 saturated heterocycles. The summed E-state index contributed by atoms with van der Waals surface area (Å²) in [5, 5.41) is 11.3. The van der Waals surface area contributed by atoms with Gasteiger partial charge in [-0.05, 0) is 68.5 Å². The van der Waals surface area contributed by atoms with E-state index >= 15 is 0 Å². The molecule has 7 heteroatoms. The van der Waals surface area contributed by atoms with Crippen molar-refractivity contribution in [3.05, 3.63) is 12.2 Å². The van der Waals surface area contributed by atoms with E-state index in [1.54, 1.807) is 0 Å². The Hall–Kier alpha value is -0.733. The van der Waals surface area contributed by atoms with Gasteiger partial charge in [-0.15, -0.1) is 0 Å². The minimum Gasteiger partial charge on any atom is -0.469 e. The fraction of sp³-hybridized carbons (Fsp3) is 0.897. The molecule has 0 aromatic carbocycles. The van der Waals surface area contributed by atoms with Crippen LogP contribution in [0.4, 0.5) is 0 Å². The molecule has 2 unspecified atom stereocenters. The first-order valence-corrected chi connectivity index (χ1v) is 17.2. The van der Waals surface area contributed by atoms with Crippen LogP contribution in [-0.2, 0) is 23.4 Å². The second kappa shape index (κ2) is 14.4. The Morgan fingerprint density at radius 1 is 1.08 bits per heavy atom. The highest BCUT2D eigenvalue weighted by molar-refractivity contribution is 6.74. The Kier molecular flexibility index (Phi) is 12.6. The molecule has 210 valence electrons. The van der Waals surface area contributed by atoms with Crippen molar-refractivity contribution in [1.29, 1.82) is 0 Å². The molecule has 0 radical (unpaired) electrons. The van der Waals surface area contributed by atoms with Gasteiger partial charge in [-0.3, -0.25) is 4.79 Å². The van der Waals surface area contributed by atoms with Gasteiger partial charge < -0.3 is 23.7 Å². The van der Waals surface area contributed by atoms with Crippen LogP contribution in [0.1, 0.15) is 98.3 Å². The van der Waals surface area contributed by atoms with Crippen molar-refractivity contribution in [1.82, 2.24) is 0 Å². The number of hydrogen-bond donors (Lipinski definition) is 1. The van der Waals surface area contributed by atoms with E-state index in [0.717, 1.165) is 44.9 Å². The Bertz CT molecular complexity index is 680. The van der Waals surface area contributed by atoms with E-state index < -0.39 is 14.1 Å². The second-order valence-electron chi connectivity index (χ2n) is 12.3. The van der Waals surface area contributed by atoms with E-state index in [1.807, 2.05) is 0 Å². The van der Waals surface area contributed by atoms with Crippen LogP contribution in [-0.4, -0.2) is 57.7 Å². The molecule has 0 amide bonds. The summed E-state index contributed by atoms with van der Waals surface area (Å²) >= 11 is 0. The molecule has 1 aliphatic heterocycles. The van der Waals surface area contributed by atoms with Gasteiger partial charge in [0.25, 0.3) is 0 Å². The van der Waals surface area contributed by atoms with E-state index in [4.69, 9.17) is 18.6 Å². The lowest BCUT2D eigenvalue weighted by Crippen LogP contribution is -2.45. The van der Waals surface area contributed by atoms with Crippen LogP contribution in [0.3, 0.4) is 0 Å². The Morgan fingerprint density at radius 2 is 1.78 bits per heavy atom. The number of aliphatic hydroxyl groups excluding tert-OH is 1. The highest BCUT2D eigenvalue weighted by atomic mass is 28.4. The molecule has 4 atom stereocenters. The van der Waals surface area contributed by atoms with Gasteiger partial charge in [0.15, 0.2) is 14.1 Å². The number of allylic oxidation sites excluding steroid dienone is 2. The van der Waals surface area contributed by atoms with Crippen LogP contribution in [0.25, 0.3) is 0 Å². The Balaban J connectivity index is 2.10. The first-order valence-electron chi connectivity index (χ1n) is 14.3. The smallest absolute Gasteiger partial charge is 0.305 e.